The molecule has 0 aliphatic carbocycles. The lowest BCUT2D eigenvalue weighted by Gasteiger charge is -2.38. The van der Waals surface area contributed by atoms with Crippen molar-refractivity contribution in [2.45, 2.75) is 30.0 Å². The van der Waals surface area contributed by atoms with E-state index in [2.05, 4.69) is 103 Å². The Morgan fingerprint density at radius 3 is 2.05 bits per heavy atom. The van der Waals surface area contributed by atoms with Crippen LogP contribution < -0.4 is 5.32 Å². The number of thioether (sulfide) groups is 1. The first kappa shape index (κ1) is 28.2. The summed E-state index contributed by atoms with van der Waals surface area (Å²) in [6.45, 7) is 8.62. The molecule has 0 aromatic heterocycles. The number of carbonyl (C=O) groups is 2. The highest BCUT2D eigenvalue weighted by atomic mass is 32.2. The summed E-state index contributed by atoms with van der Waals surface area (Å²) >= 11 is 1.95. The van der Waals surface area contributed by atoms with Gasteiger partial charge in [-0.05, 0) is 41.4 Å². The second-order valence-electron chi connectivity index (χ2n) is 8.52. The van der Waals surface area contributed by atoms with Crippen molar-refractivity contribution >= 4 is 23.7 Å². The van der Waals surface area contributed by atoms with Crippen molar-refractivity contribution in [3.63, 3.8) is 0 Å². The topological polar surface area (TPSA) is 89.9 Å². The molecule has 1 unspecified atom stereocenters. The van der Waals surface area contributed by atoms with E-state index in [1.54, 1.807) is 0 Å². The first-order valence-corrected chi connectivity index (χ1v) is 13.4. The Hall–Kier alpha value is -3.39. The van der Waals surface area contributed by atoms with Gasteiger partial charge in [-0.15, -0.1) is 11.8 Å². The molecule has 194 valence electrons. The summed E-state index contributed by atoms with van der Waals surface area (Å²) in [5.41, 5.74) is 5.11. The summed E-state index contributed by atoms with van der Waals surface area (Å²) in [6.07, 6.45) is 1.12. The molecular weight excluding hydrogens is 484 g/mol. The lowest BCUT2D eigenvalue weighted by atomic mass is 9.75. The molecule has 6 nitrogen and oxygen atoms in total. The number of carboxylic acids is 2. The fourth-order valence-electron chi connectivity index (χ4n) is 4.59. The number of aliphatic carboxylic acids is 2. The first-order chi connectivity index (χ1) is 17.9. The monoisotopic (exact) mass is 518 g/mol. The van der Waals surface area contributed by atoms with E-state index in [1.165, 1.54) is 27.1 Å². The molecule has 1 aliphatic rings. The number of nitrogens with one attached hydrogen (secondary N) is 1. The van der Waals surface area contributed by atoms with Gasteiger partial charge in [0.15, 0.2) is 0 Å². The van der Waals surface area contributed by atoms with Crippen molar-refractivity contribution in [2.24, 2.45) is 0 Å². The molecule has 0 spiro atoms. The second-order valence-corrected chi connectivity index (χ2v) is 9.54. The number of benzene rings is 3. The lowest BCUT2D eigenvalue weighted by Crippen LogP contribution is -2.48. The van der Waals surface area contributed by atoms with Gasteiger partial charge in [0, 0.05) is 35.9 Å². The minimum atomic E-state index is -1.26. The van der Waals surface area contributed by atoms with Crippen molar-refractivity contribution in [2.75, 3.05) is 26.2 Å². The standard InChI is InChI=1S/C26H30N2S.C4H4O4/c1-3-28(4-2)19-18-27-26(22-13-6-5-7-14-22)23-15-9-8-12-21(23)20-29-25-17-11-10-16-24(25)26;5-3(6)1-2-4(7)8/h5-17,27H,3-4,18-20H2,1-2H3;1-2H,(H,5,6)(H,7,8). The highest BCUT2D eigenvalue weighted by Crippen LogP contribution is 2.46. The molecule has 0 amide bonds. The SMILES string of the molecule is CCN(CC)CCNC1(c2ccccc2)c2ccccc2CSc2ccccc21.O=C(O)C=CC(=O)O. The molecule has 0 radical (unpaired) electrons. The van der Waals surface area contributed by atoms with Gasteiger partial charge >= 0.3 is 11.9 Å². The molecule has 0 bridgehead atoms. The molecule has 0 saturated carbocycles. The lowest BCUT2D eigenvalue weighted by molar-refractivity contribution is -0.134. The molecule has 1 heterocycles. The molecule has 0 saturated heterocycles. The van der Waals surface area contributed by atoms with Gasteiger partial charge in [0.05, 0.1) is 5.54 Å². The summed E-state index contributed by atoms with van der Waals surface area (Å²) in [6, 6.07) is 28.8. The molecule has 0 fully saturated rings. The molecular formula is C30H34N2O4S. The largest absolute Gasteiger partial charge is 0.478 e. The quantitative estimate of drug-likeness (QED) is 0.334. The van der Waals surface area contributed by atoms with Gasteiger partial charge in [-0.3, -0.25) is 5.32 Å². The zero-order chi connectivity index (χ0) is 26.7. The van der Waals surface area contributed by atoms with Crippen LogP contribution in [0.3, 0.4) is 0 Å². The predicted octanol–water partition coefficient (Wildman–Crippen LogP) is 5.23. The van der Waals surface area contributed by atoms with Crippen LogP contribution >= 0.6 is 11.8 Å². The molecule has 1 atom stereocenters. The average Bonchev–Trinajstić information content (AvgIpc) is 3.06. The number of hydrogen-bond acceptors (Lipinski definition) is 5. The van der Waals surface area contributed by atoms with Crippen molar-refractivity contribution in [1.82, 2.24) is 10.2 Å². The van der Waals surface area contributed by atoms with Crippen LogP contribution in [-0.4, -0.2) is 53.2 Å². The summed E-state index contributed by atoms with van der Waals surface area (Å²) in [5, 5.41) is 19.7. The van der Waals surface area contributed by atoms with Crippen molar-refractivity contribution in [3.8, 4) is 0 Å². The van der Waals surface area contributed by atoms with Crippen LogP contribution in [0.1, 0.15) is 36.1 Å². The fraction of sp³-hybridized carbons (Fsp3) is 0.267. The number of carboxylic acid groups (broad SMARTS) is 2. The van der Waals surface area contributed by atoms with Crippen molar-refractivity contribution in [3.05, 3.63) is 113 Å². The minimum Gasteiger partial charge on any atom is -0.478 e. The molecule has 7 heteroatoms. The van der Waals surface area contributed by atoms with E-state index in [-0.39, 0.29) is 5.54 Å². The van der Waals surface area contributed by atoms with Gasteiger partial charge in [-0.1, -0.05) is 86.6 Å². The third kappa shape index (κ3) is 7.10. The van der Waals surface area contributed by atoms with E-state index in [9.17, 15) is 9.59 Å². The highest BCUT2D eigenvalue weighted by Gasteiger charge is 2.40. The van der Waals surface area contributed by atoms with Crippen LogP contribution in [-0.2, 0) is 20.9 Å². The van der Waals surface area contributed by atoms with E-state index in [0.717, 1.165) is 31.9 Å². The molecule has 1 aliphatic heterocycles. The van der Waals surface area contributed by atoms with E-state index in [4.69, 9.17) is 10.2 Å². The first-order valence-electron chi connectivity index (χ1n) is 12.4. The number of hydrogen-bond donors (Lipinski definition) is 3. The Morgan fingerprint density at radius 2 is 1.43 bits per heavy atom. The summed E-state index contributed by atoms with van der Waals surface area (Å²) < 4.78 is 0. The van der Waals surface area contributed by atoms with Gasteiger partial charge in [0.2, 0.25) is 0 Å². The van der Waals surface area contributed by atoms with Gasteiger partial charge in [0.25, 0.3) is 0 Å². The molecule has 3 aromatic rings. The van der Waals surface area contributed by atoms with Crippen LogP contribution in [0.4, 0.5) is 0 Å². The number of fused-ring (bicyclic) bond motifs is 2. The summed E-state index contributed by atoms with van der Waals surface area (Å²) in [5.74, 6) is -1.51. The van der Waals surface area contributed by atoms with Crippen LogP contribution in [0, 0.1) is 0 Å². The van der Waals surface area contributed by atoms with Crippen LogP contribution in [0.15, 0.2) is 95.9 Å². The Kier molecular flexibility index (Phi) is 10.5. The van der Waals surface area contributed by atoms with E-state index in [0.29, 0.717) is 12.2 Å². The van der Waals surface area contributed by atoms with Crippen molar-refractivity contribution < 1.29 is 19.8 Å². The molecule has 3 aromatic carbocycles. The second kappa shape index (κ2) is 13.8. The van der Waals surface area contributed by atoms with Gasteiger partial charge < -0.3 is 15.1 Å². The number of likely N-dealkylation sites (N-methyl/N-ethyl adjacent to an activating group) is 1. The van der Waals surface area contributed by atoms with Gasteiger partial charge in [-0.2, -0.15) is 0 Å². The number of nitrogens with zero attached hydrogens (tertiary/aromatic N) is 1. The smallest absolute Gasteiger partial charge is 0.328 e. The van der Waals surface area contributed by atoms with Crippen LogP contribution in [0.25, 0.3) is 0 Å². The molecule has 3 N–H and O–H groups in total. The summed E-state index contributed by atoms with van der Waals surface area (Å²) in [4.78, 5) is 23.0. The maximum Gasteiger partial charge on any atom is 0.328 e. The Labute approximate surface area is 223 Å². The van der Waals surface area contributed by atoms with E-state index >= 15 is 0 Å². The summed E-state index contributed by atoms with van der Waals surface area (Å²) in [7, 11) is 0. The van der Waals surface area contributed by atoms with Crippen molar-refractivity contribution in [1.29, 1.82) is 0 Å². The maximum atomic E-state index is 9.55. The van der Waals surface area contributed by atoms with Crippen LogP contribution in [0.2, 0.25) is 0 Å². The van der Waals surface area contributed by atoms with Gasteiger partial charge in [-0.25, -0.2) is 9.59 Å². The maximum absolute atomic E-state index is 9.55. The van der Waals surface area contributed by atoms with Crippen LogP contribution in [0.5, 0.6) is 0 Å². The highest BCUT2D eigenvalue weighted by molar-refractivity contribution is 7.98. The normalized spacial score (nSPS) is 16.3. The third-order valence-corrected chi connectivity index (χ3v) is 7.51. The van der Waals surface area contributed by atoms with Gasteiger partial charge in [0.1, 0.15) is 0 Å². The van der Waals surface area contributed by atoms with E-state index in [1.807, 2.05) is 11.8 Å². The zero-order valence-corrected chi connectivity index (χ0v) is 22.1. The molecule has 37 heavy (non-hydrogen) atoms. The Morgan fingerprint density at radius 1 is 0.865 bits per heavy atom. The fourth-order valence-corrected chi connectivity index (χ4v) is 5.70. The van der Waals surface area contributed by atoms with E-state index < -0.39 is 11.9 Å². The minimum absolute atomic E-state index is 0.342. The Bertz CT molecular complexity index is 1150. The average molecular weight is 519 g/mol. The predicted molar refractivity (Wildman–Crippen MR) is 149 cm³/mol. The Balaban J connectivity index is 0.000000414. The third-order valence-electron chi connectivity index (χ3n) is 6.38. The number of rotatable bonds is 9. The molecule has 4 rings (SSSR count). The zero-order valence-electron chi connectivity index (χ0n) is 21.3.